The summed E-state index contributed by atoms with van der Waals surface area (Å²) in [5.74, 6) is 0. The minimum Gasteiger partial charge on any atom is -0.310 e. The third-order valence-electron chi connectivity index (χ3n) is 2.40. The maximum atomic E-state index is 4.13. The van der Waals surface area contributed by atoms with Crippen LogP contribution < -0.4 is 5.32 Å². The molecule has 0 saturated heterocycles. The Morgan fingerprint density at radius 1 is 1.47 bits per heavy atom. The van der Waals surface area contributed by atoms with Crippen molar-refractivity contribution in [3.8, 4) is 0 Å². The molecule has 17 heavy (non-hydrogen) atoms. The van der Waals surface area contributed by atoms with Gasteiger partial charge in [0.2, 0.25) is 0 Å². The fraction of sp³-hybridized carbons (Fsp3) is 0.364. The first-order valence-corrected chi connectivity index (χ1v) is 8.54. The summed E-state index contributed by atoms with van der Waals surface area (Å²) in [5, 5.41) is 3.53. The summed E-state index contributed by atoms with van der Waals surface area (Å²) in [6, 6.07) is 2.53. The Morgan fingerprint density at radius 3 is 2.82 bits per heavy atom. The van der Waals surface area contributed by atoms with E-state index in [9.17, 15) is 0 Å². The lowest BCUT2D eigenvalue weighted by Gasteiger charge is -2.16. The van der Waals surface area contributed by atoms with Crippen LogP contribution in [0.4, 0.5) is 0 Å². The van der Waals surface area contributed by atoms with E-state index in [0.717, 1.165) is 16.8 Å². The van der Waals surface area contributed by atoms with Gasteiger partial charge in [-0.3, -0.25) is 4.98 Å². The largest absolute Gasteiger partial charge is 0.310 e. The van der Waals surface area contributed by atoms with E-state index in [1.165, 1.54) is 14.2 Å². The van der Waals surface area contributed by atoms with Gasteiger partial charge in [-0.15, -0.1) is 22.7 Å². The zero-order chi connectivity index (χ0) is 12.3. The molecular formula is C11H12Br2N2S2. The molecule has 1 unspecified atom stereocenters. The fourth-order valence-corrected chi connectivity index (χ4v) is 5.29. The number of likely N-dealkylation sites (N-methyl/N-ethyl adjacent to an activating group) is 1. The van der Waals surface area contributed by atoms with Crippen molar-refractivity contribution in [1.29, 1.82) is 0 Å². The van der Waals surface area contributed by atoms with Crippen LogP contribution in [0.5, 0.6) is 0 Å². The molecule has 1 N–H and O–H groups in total. The molecule has 0 aliphatic carbocycles. The number of thiazole rings is 1. The first kappa shape index (κ1) is 13.7. The minimum absolute atomic E-state index is 0.345. The van der Waals surface area contributed by atoms with E-state index >= 15 is 0 Å². The number of nitrogens with zero attached hydrogens (tertiary/aromatic N) is 1. The van der Waals surface area contributed by atoms with E-state index in [1.807, 2.05) is 11.7 Å². The second-order valence-electron chi connectivity index (χ2n) is 3.56. The third-order valence-corrected chi connectivity index (χ3v) is 5.59. The first-order chi connectivity index (χ1) is 8.20. The predicted octanol–water partition coefficient (Wildman–Crippen LogP) is 4.62. The molecule has 2 aromatic rings. The molecule has 1 atom stereocenters. The van der Waals surface area contributed by atoms with Crippen LogP contribution in [-0.2, 0) is 6.42 Å². The SMILES string of the molecule is CCNC(Cc1cncs1)c1cc(Br)sc1Br. The van der Waals surface area contributed by atoms with Gasteiger partial charge in [-0.2, -0.15) is 0 Å². The lowest BCUT2D eigenvalue weighted by atomic mass is 10.1. The molecule has 0 saturated carbocycles. The topological polar surface area (TPSA) is 24.9 Å². The number of nitrogens with one attached hydrogen (secondary N) is 1. The lowest BCUT2D eigenvalue weighted by Crippen LogP contribution is -2.22. The van der Waals surface area contributed by atoms with Crippen LogP contribution >= 0.6 is 54.5 Å². The summed E-state index contributed by atoms with van der Waals surface area (Å²) in [5.41, 5.74) is 3.20. The highest BCUT2D eigenvalue weighted by Gasteiger charge is 2.17. The maximum Gasteiger partial charge on any atom is 0.0794 e. The van der Waals surface area contributed by atoms with Crippen LogP contribution in [0.25, 0.3) is 0 Å². The molecule has 2 nitrogen and oxygen atoms in total. The van der Waals surface area contributed by atoms with Crippen LogP contribution in [0.15, 0.2) is 25.3 Å². The molecule has 0 amide bonds. The first-order valence-electron chi connectivity index (χ1n) is 5.26. The van der Waals surface area contributed by atoms with Gasteiger partial charge in [0.25, 0.3) is 0 Å². The number of thiophene rings is 1. The molecule has 0 radical (unpaired) electrons. The number of hydrogen-bond donors (Lipinski definition) is 1. The average Bonchev–Trinajstić information content (AvgIpc) is 2.88. The molecule has 2 heterocycles. The zero-order valence-electron chi connectivity index (χ0n) is 9.24. The van der Waals surface area contributed by atoms with Gasteiger partial charge in [0.1, 0.15) is 0 Å². The highest BCUT2D eigenvalue weighted by atomic mass is 79.9. The molecule has 2 rings (SSSR count). The summed E-state index contributed by atoms with van der Waals surface area (Å²) in [6.07, 6.45) is 2.94. The molecule has 0 aliphatic rings. The summed E-state index contributed by atoms with van der Waals surface area (Å²) in [4.78, 5) is 5.44. The smallest absolute Gasteiger partial charge is 0.0794 e. The van der Waals surface area contributed by atoms with Crippen LogP contribution in [0, 0.1) is 0 Å². The Hall–Kier alpha value is 0.250. The Balaban J connectivity index is 2.19. The molecule has 0 bridgehead atoms. The molecular weight excluding hydrogens is 384 g/mol. The summed E-state index contributed by atoms with van der Waals surface area (Å²) in [7, 11) is 0. The molecule has 2 aromatic heterocycles. The van der Waals surface area contributed by atoms with Gasteiger partial charge in [-0.1, -0.05) is 6.92 Å². The quantitative estimate of drug-likeness (QED) is 0.798. The van der Waals surface area contributed by atoms with Gasteiger partial charge >= 0.3 is 0 Å². The Labute approximate surface area is 126 Å². The average molecular weight is 396 g/mol. The Kier molecular flexibility index (Phi) is 5.17. The van der Waals surface area contributed by atoms with E-state index in [1.54, 1.807) is 22.7 Å². The van der Waals surface area contributed by atoms with Gasteiger partial charge in [-0.05, 0) is 50.0 Å². The van der Waals surface area contributed by atoms with E-state index in [2.05, 4.69) is 55.2 Å². The summed E-state index contributed by atoms with van der Waals surface area (Å²) < 4.78 is 2.35. The Morgan fingerprint density at radius 2 is 2.29 bits per heavy atom. The summed E-state index contributed by atoms with van der Waals surface area (Å²) in [6.45, 7) is 3.10. The van der Waals surface area contributed by atoms with Gasteiger partial charge in [0.05, 0.1) is 13.1 Å². The lowest BCUT2D eigenvalue weighted by molar-refractivity contribution is 0.553. The highest BCUT2D eigenvalue weighted by molar-refractivity contribution is 9.12. The van der Waals surface area contributed by atoms with Crippen molar-refractivity contribution < 1.29 is 0 Å². The van der Waals surface area contributed by atoms with Crippen molar-refractivity contribution in [2.75, 3.05) is 6.54 Å². The van der Waals surface area contributed by atoms with Crippen molar-refractivity contribution in [1.82, 2.24) is 10.3 Å². The van der Waals surface area contributed by atoms with Gasteiger partial charge in [-0.25, -0.2) is 0 Å². The van der Waals surface area contributed by atoms with Crippen LogP contribution in [0.2, 0.25) is 0 Å². The molecule has 0 fully saturated rings. The zero-order valence-corrected chi connectivity index (χ0v) is 14.0. The van der Waals surface area contributed by atoms with E-state index in [-0.39, 0.29) is 0 Å². The third kappa shape index (κ3) is 3.61. The summed E-state index contributed by atoms with van der Waals surface area (Å²) >= 11 is 10.6. The van der Waals surface area contributed by atoms with Crippen molar-refractivity contribution >= 4 is 54.5 Å². The number of aromatic nitrogens is 1. The van der Waals surface area contributed by atoms with E-state index < -0.39 is 0 Å². The van der Waals surface area contributed by atoms with Crippen molar-refractivity contribution in [2.24, 2.45) is 0 Å². The van der Waals surface area contributed by atoms with Crippen LogP contribution in [0.3, 0.4) is 0 Å². The Bertz CT molecular complexity index is 468. The molecule has 92 valence electrons. The molecule has 6 heteroatoms. The van der Waals surface area contributed by atoms with Gasteiger partial charge in [0, 0.05) is 23.5 Å². The van der Waals surface area contributed by atoms with Crippen LogP contribution in [-0.4, -0.2) is 11.5 Å². The molecule has 0 spiro atoms. The second kappa shape index (κ2) is 6.43. The predicted molar refractivity (Wildman–Crippen MR) is 82.0 cm³/mol. The maximum absolute atomic E-state index is 4.13. The van der Waals surface area contributed by atoms with Crippen LogP contribution in [0.1, 0.15) is 23.4 Å². The second-order valence-corrected chi connectivity index (χ2v) is 8.28. The van der Waals surface area contributed by atoms with E-state index in [0.29, 0.717) is 6.04 Å². The van der Waals surface area contributed by atoms with Crippen molar-refractivity contribution in [3.63, 3.8) is 0 Å². The van der Waals surface area contributed by atoms with Gasteiger partial charge in [0.15, 0.2) is 0 Å². The number of halogens is 2. The highest BCUT2D eigenvalue weighted by Crippen LogP contribution is 2.36. The normalized spacial score (nSPS) is 12.9. The van der Waals surface area contributed by atoms with Crippen molar-refractivity contribution in [2.45, 2.75) is 19.4 Å². The number of rotatable bonds is 5. The fourth-order valence-electron chi connectivity index (χ4n) is 1.67. The number of hydrogen-bond acceptors (Lipinski definition) is 4. The van der Waals surface area contributed by atoms with Crippen molar-refractivity contribution in [3.05, 3.63) is 35.8 Å². The molecule has 0 aromatic carbocycles. The monoisotopic (exact) mass is 394 g/mol. The van der Waals surface area contributed by atoms with E-state index in [4.69, 9.17) is 0 Å². The molecule has 0 aliphatic heterocycles. The minimum atomic E-state index is 0.345. The van der Waals surface area contributed by atoms with Gasteiger partial charge < -0.3 is 5.32 Å². The standard InChI is InChI=1S/C11H12Br2N2S2/c1-2-15-9(3-7-5-14-6-16-7)8-4-10(12)17-11(8)13/h4-6,9,15H,2-3H2,1H3.